The molecule has 0 aromatic rings. The van der Waals surface area contributed by atoms with Crippen LogP contribution in [-0.2, 0) is 9.59 Å². The molecular formula is C15H26ClNO2. The molecule has 3 nitrogen and oxygen atoms in total. The van der Waals surface area contributed by atoms with Crippen molar-refractivity contribution >= 4 is 23.4 Å². The zero-order chi connectivity index (χ0) is 14.8. The minimum atomic E-state index is -0.644. The Morgan fingerprint density at radius 1 is 1.26 bits per heavy atom. The van der Waals surface area contributed by atoms with Gasteiger partial charge in [-0.05, 0) is 25.2 Å². The Balaban J connectivity index is 3.27. The molecule has 1 aliphatic heterocycles. The molecule has 0 radical (unpaired) electrons. The number of hydrogen-bond acceptors (Lipinski definition) is 2. The molecule has 3 unspecified atom stereocenters. The topological polar surface area (TPSA) is 37.4 Å². The molecule has 1 heterocycles. The van der Waals surface area contributed by atoms with Gasteiger partial charge in [-0.3, -0.25) is 14.5 Å². The summed E-state index contributed by atoms with van der Waals surface area (Å²) in [5, 5.41) is -0.644. The van der Waals surface area contributed by atoms with E-state index in [-0.39, 0.29) is 17.4 Å². The van der Waals surface area contributed by atoms with Gasteiger partial charge >= 0.3 is 0 Å². The number of hydrogen-bond donors (Lipinski definition) is 0. The summed E-state index contributed by atoms with van der Waals surface area (Å²) < 4.78 is 0. The summed E-state index contributed by atoms with van der Waals surface area (Å²) in [6, 6.07) is 0. The highest BCUT2D eigenvalue weighted by atomic mass is 35.5. The number of halogens is 1. The zero-order valence-corrected chi connectivity index (χ0v) is 13.5. The fourth-order valence-corrected chi connectivity index (χ4v) is 3.49. The highest BCUT2D eigenvalue weighted by Gasteiger charge is 2.54. The Morgan fingerprint density at radius 3 is 2.11 bits per heavy atom. The highest BCUT2D eigenvalue weighted by Crippen LogP contribution is 2.45. The van der Waals surface area contributed by atoms with Crippen molar-refractivity contribution in [3.8, 4) is 0 Å². The summed E-state index contributed by atoms with van der Waals surface area (Å²) >= 11 is 5.95. The molecule has 0 N–H and O–H groups in total. The number of likely N-dealkylation sites (tertiary alicyclic amines) is 1. The van der Waals surface area contributed by atoms with E-state index in [1.54, 1.807) is 6.92 Å². The maximum Gasteiger partial charge on any atom is 0.247 e. The van der Waals surface area contributed by atoms with Gasteiger partial charge in [0.1, 0.15) is 5.38 Å². The van der Waals surface area contributed by atoms with Gasteiger partial charge < -0.3 is 0 Å². The van der Waals surface area contributed by atoms with Gasteiger partial charge in [0.05, 0.1) is 5.54 Å². The van der Waals surface area contributed by atoms with Crippen molar-refractivity contribution in [3.63, 3.8) is 0 Å². The summed E-state index contributed by atoms with van der Waals surface area (Å²) in [5.41, 5.74) is -0.346. The van der Waals surface area contributed by atoms with Gasteiger partial charge in [0.15, 0.2) is 0 Å². The molecule has 3 atom stereocenters. The van der Waals surface area contributed by atoms with Crippen LogP contribution in [0.2, 0.25) is 0 Å². The van der Waals surface area contributed by atoms with Gasteiger partial charge in [-0.15, -0.1) is 11.6 Å². The first kappa shape index (κ1) is 16.5. The second kappa shape index (κ2) is 6.25. The quantitative estimate of drug-likeness (QED) is 0.725. The van der Waals surface area contributed by atoms with E-state index >= 15 is 0 Å². The minimum absolute atomic E-state index is 0.0573. The summed E-state index contributed by atoms with van der Waals surface area (Å²) in [5.74, 6) is 0.310. The molecule has 110 valence electrons. The summed E-state index contributed by atoms with van der Waals surface area (Å²) in [6.45, 7) is 10.2. The van der Waals surface area contributed by atoms with Crippen molar-refractivity contribution in [3.05, 3.63) is 0 Å². The molecule has 0 aromatic carbocycles. The Kier molecular flexibility index (Phi) is 5.43. The Labute approximate surface area is 121 Å². The smallest absolute Gasteiger partial charge is 0.247 e. The van der Waals surface area contributed by atoms with Crippen molar-refractivity contribution < 1.29 is 9.59 Å². The molecule has 0 saturated carbocycles. The van der Waals surface area contributed by atoms with Gasteiger partial charge in [0.2, 0.25) is 11.8 Å². The standard InChI is InChI=1S/C15H26ClNO2/c1-6-10(3)15(11(4)7-2)9-8-13(18)17(15)14(19)12(5)16/h10-12H,6-9H2,1-5H3. The maximum atomic E-state index is 12.4. The lowest BCUT2D eigenvalue weighted by Gasteiger charge is -2.46. The number of carbonyl (C=O) groups excluding carboxylic acids is 2. The van der Waals surface area contributed by atoms with Gasteiger partial charge in [0, 0.05) is 6.42 Å². The van der Waals surface area contributed by atoms with Crippen molar-refractivity contribution in [1.82, 2.24) is 4.90 Å². The third-order valence-corrected chi connectivity index (χ3v) is 5.08. The third-order valence-electron chi connectivity index (χ3n) is 4.90. The molecule has 0 aliphatic carbocycles. The van der Waals surface area contributed by atoms with Crippen LogP contribution in [0.4, 0.5) is 0 Å². The molecule has 0 aromatic heterocycles. The largest absolute Gasteiger partial charge is 0.275 e. The minimum Gasteiger partial charge on any atom is -0.275 e. The van der Waals surface area contributed by atoms with E-state index in [4.69, 9.17) is 11.6 Å². The zero-order valence-electron chi connectivity index (χ0n) is 12.7. The predicted octanol–water partition coefficient (Wildman–Crippen LogP) is 3.59. The number of alkyl halides is 1. The molecule has 4 heteroatoms. The molecule has 1 saturated heterocycles. The normalized spacial score (nSPS) is 28.3. The summed E-state index contributed by atoms with van der Waals surface area (Å²) in [7, 11) is 0. The van der Waals surface area contributed by atoms with Crippen LogP contribution in [0.3, 0.4) is 0 Å². The molecular weight excluding hydrogens is 262 g/mol. The average Bonchev–Trinajstić information content (AvgIpc) is 2.74. The van der Waals surface area contributed by atoms with E-state index in [0.29, 0.717) is 18.3 Å². The van der Waals surface area contributed by atoms with Gasteiger partial charge in [-0.1, -0.05) is 40.5 Å². The van der Waals surface area contributed by atoms with Crippen molar-refractivity contribution in [2.24, 2.45) is 11.8 Å². The van der Waals surface area contributed by atoms with E-state index < -0.39 is 5.38 Å². The van der Waals surface area contributed by atoms with Crippen LogP contribution < -0.4 is 0 Å². The Morgan fingerprint density at radius 2 is 1.74 bits per heavy atom. The van der Waals surface area contributed by atoms with Crippen LogP contribution >= 0.6 is 11.6 Å². The average molecular weight is 288 g/mol. The first-order chi connectivity index (χ1) is 8.82. The Bertz CT molecular complexity index is 344. The molecule has 1 aliphatic rings. The maximum absolute atomic E-state index is 12.4. The number of nitrogens with zero attached hydrogens (tertiary/aromatic N) is 1. The lowest BCUT2D eigenvalue weighted by molar-refractivity contribution is -0.151. The highest BCUT2D eigenvalue weighted by molar-refractivity contribution is 6.31. The second-order valence-electron chi connectivity index (χ2n) is 5.79. The van der Waals surface area contributed by atoms with Crippen LogP contribution in [0.1, 0.15) is 60.3 Å². The first-order valence-corrected chi connectivity index (χ1v) is 7.77. The van der Waals surface area contributed by atoms with Crippen LogP contribution in [-0.4, -0.2) is 27.6 Å². The molecule has 19 heavy (non-hydrogen) atoms. The van der Waals surface area contributed by atoms with Crippen molar-refractivity contribution in [1.29, 1.82) is 0 Å². The number of carbonyl (C=O) groups is 2. The van der Waals surface area contributed by atoms with Crippen LogP contribution in [0.5, 0.6) is 0 Å². The fourth-order valence-electron chi connectivity index (χ4n) is 3.40. The SMILES string of the molecule is CCC(C)C1(C(C)CC)CCC(=O)N1C(=O)C(C)Cl. The molecule has 1 rings (SSSR count). The van der Waals surface area contributed by atoms with E-state index in [1.807, 2.05) is 0 Å². The number of amides is 2. The summed E-state index contributed by atoms with van der Waals surface area (Å²) in [6.07, 6.45) is 3.14. The monoisotopic (exact) mass is 287 g/mol. The van der Waals surface area contributed by atoms with E-state index in [0.717, 1.165) is 19.3 Å². The van der Waals surface area contributed by atoms with Gasteiger partial charge in [-0.25, -0.2) is 0 Å². The second-order valence-corrected chi connectivity index (χ2v) is 6.45. The van der Waals surface area contributed by atoms with Crippen LogP contribution in [0, 0.1) is 11.8 Å². The van der Waals surface area contributed by atoms with Crippen LogP contribution in [0.25, 0.3) is 0 Å². The Hall–Kier alpha value is -0.570. The molecule has 0 bridgehead atoms. The lowest BCUT2D eigenvalue weighted by atomic mass is 9.71. The third kappa shape index (κ3) is 2.67. The van der Waals surface area contributed by atoms with Crippen LogP contribution in [0.15, 0.2) is 0 Å². The number of rotatable bonds is 5. The molecule has 2 amide bonds. The lowest BCUT2D eigenvalue weighted by Crippen LogP contribution is -2.58. The van der Waals surface area contributed by atoms with E-state index in [1.165, 1.54) is 4.90 Å². The van der Waals surface area contributed by atoms with Gasteiger partial charge in [-0.2, -0.15) is 0 Å². The summed E-state index contributed by atoms with van der Waals surface area (Å²) in [4.78, 5) is 26.1. The fraction of sp³-hybridized carbons (Fsp3) is 0.867. The van der Waals surface area contributed by atoms with E-state index in [2.05, 4.69) is 27.7 Å². The number of imide groups is 1. The van der Waals surface area contributed by atoms with Gasteiger partial charge in [0.25, 0.3) is 0 Å². The predicted molar refractivity (Wildman–Crippen MR) is 78.0 cm³/mol. The molecule has 0 spiro atoms. The first-order valence-electron chi connectivity index (χ1n) is 7.33. The van der Waals surface area contributed by atoms with Crippen molar-refractivity contribution in [2.75, 3.05) is 0 Å². The van der Waals surface area contributed by atoms with Crippen molar-refractivity contribution in [2.45, 2.75) is 71.2 Å². The van der Waals surface area contributed by atoms with E-state index in [9.17, 15) is 9.59 Å². The molecule has 1 fully saturated rings.